The molecule has 3 nitrogen and oxygen atoms in total. The minimum atomic E-state index is 0.668. The summed E-state index contributed by atoms with van der Waals surface area (Å²) in [7, 11) is 6.48. The van der Waals surface area contributed by atoms with E-state index in [1.807, 2.05) is 12.3 Å². The summed E-state index contributed by atoms with van der Waals surface area (Å²) in [5.41, 5.74) is 3.26. The number of hydrogen-bond acceptors (Lipinski definition) is 1. The molecule has 0 aliphatic heterocycles. The van der Waals surface area contributed by atoms with Crippen LogP contribution in [0.25, 0.3) is 11.0 Å². The van der Waals surface area contributed by atoms with Crippen molar-refractivity contribution in [1.29, 1.82) is 0 Å². The van der Waals surface area contributed by atoms with Crippen LogP contribution in [0.2, 0.25) is 5.02 Å². The van der Waals surface area contributed by atoms with Gasteiger partial charge in [0.05, 0.1) is 42.8 Å². The van der Waals surface area contributed by atoms with Crippen molar-refractivity contribution in [3.8, 4) is 0 Å². The number of quaternary nitrogens is 1. The van der Waals surface area contributed by atoms with Crippen LogP contribution in [0.4, 0.5) is 0 Å². The number of nitrogens with one attached hydrogen (secondary N) is 1. The van der Waals surface area contributed by atoms with E-state index in [-0.39, 0.29) is 0 Å². The van der Waals surface area contributed by atoms with Gasteiger partial charge in [0.15, 0.2) is 0 Å². The van der Waals surface area contributed by atoms with Gasteiger partial charge in [0, 0.05) is 12.4 Å². The van der Waals surface area contributed by atoms with E-state index in [4.69, 9.17) is 11.6 Å². The quantitative estimate of drug-likeness (QED) is 0.780. The summed E-state index contributed by atoms with van der Waals surface area (Å²) in [6.07, 6.45) is 3.70. The normalized spacial score (nSPS) is 12.3. The number of hydrogen-bond donors (Lipinski definition) is 1. The fourth-order valence-electron chi connectivity index (χ4n) is 1.67. The zero-order valence-corrected chi connectivity index (χ0v) is 9.97. The van der Waals surface area contributed by atoms with Crippen LogP contribution < -0.4 is 0 Å². The van der Waals surface area contributed by atoms with Gasteiger partial charge in [-0.05, 0) is 6.07 Å². The summed E-state index contributed by atoms with van der Waals surface area (Å²) < 4.78 is 0.886. The first-order valence-electron chi connectivity index (χ1n) is 4.88. The topological polar surface area (TPSA) is 28.7 Å². The van der Waals surface area contributed by atoms with Gasteiger partial charge in [-0.2, -0.15) is 0 Å². The molecule has 0 bridgehead atoms. The Bertz CT molecular complexity index is 482. The van der Waals surface area contributed by atoms with Crippen molar-refractivity contribution >= 4 is 22.6 Å². The monoisotopic (exact) mass is 224 g/mol. The zero-order valence-electron chi connectivity index (χ0n) is 9.21. The third-order valence-electron chi connectivity index (χ3n) is 2.21. The largest absolute Gasteiger partial charge is 0.359 e. The Morgan fingerprint density at radius 3 is 2.80 bits per heavy atom. The van der Waals surface area contributed by atoms with E-state index in [0.717, 1.165) is 22.1 Å². The van der Waals surface area contributed by atoms with Crippen LogP contribution >= 0.6 is 11.6 Å². The number of nitrogens with zero attached hydrogens (tertiary/aromatic N) is 2. The molecule has 4 heteroatoms. The Labute approximate surface area is 94.3 Å². The average Bonchev–Trinajstić information content (AvgIpc) is 2.45. The molecule has 0 aliphatic carbocycles. The molecule has 2 aromatic heterocycles. The Balaban J connectivity index is 2.45. The molecular formula is C11H15ClN3+. The van der Waals surface area contributed by atoms with Crippen LogP contribution in [0.1, 0.15) is 5.56 Å². The summed E-state index contributed by atoms with van der Waals surface area (Å²) in [4.78, 5) is 7.55. The summed E-state index contributed by atoms with van der Waals surface area (Å²) in [5.74, 6) is 0. The van der Waals surface area contributed by atoms with Crippen molar-refractivity contribution in [2.75, 3.05) is 21.1 Å². The van der Waals surface area contributed by atoms with Crippen LogP contribution in [-0.4, -0.2) is 35.6 Å². The predicted octanol–water partition coefficient (Wildman–Crippen LogP) is 2.42. The standard InChI is InChI=1S/C11H15ClN3/c1-15(2,3)7-8-5-13-10-4-9(12)6-14-11(8)10/h4-6,13H,7H2,1-3H3/q+1. The first kappa shape index (κ1) is 10.5. The second-order valence-electron chi connectivity index (χ2n) is 4.81. The molecule has 15 heavy (non-hydrogen) atoms. The van der Waals surface area contributed by atoms with Gasteiger partial charge in [-0.15, -0.1) is 0 Å². The molecule has 0 amide bonds. The summed E-state index contributed by atoms with van der Waals surface area (Å²) in [5, 5.41) is 0.668. The van der Waals surface area contributed by atoms with Gasteiger partial charge in [-0.25, -0.2) is 0 Å². The SMILES string of the molecule is C[N+](C)(C)Cc1c[nH]c2cc(Cl)cnc12. The Hall–Kier alpha value is -1.06. The second-order valence-corrected chi connectivity index (χ2v) is 5.25. The first-order chi connectivity index (χ1) is 6.96. The number of aromatic amines is 1. The fraction of sp³-hybridized carbons (Fsp3) is 0.364. The predicted molar refractivity (Wildman–Crippen MR) is 62.8 cm³/mol. The lowest BCUT2D eigenvalue weighted by Gasteiger charge is -2.23. The zero-order chi connectivity index (χ0) is 11.1. The van der Waals surface area contributed by atoms with Gasteiger partial charge in [0.25, 0.3) is 0 Å². The number of H-pyrrole nitrogens is 1. The Morgan fingerprint density at radius 1 is 1.40 bits per heavy atom. The summed E-state index contributed by atoms with van der Waals surface area (Å²) in [6, 6.07) is 1.91. The van der Waals surface area contributed by atoms with Crippen LogP contribution in [0.15, 0.2) is 18.5 Å². The molecule has 0 radical (unpaired) electrons. The molecule has 0 spiro atoms. The maximum atomic E-state index is 5.87. The summed E-state index contributed by atoms with van der Waals surface area (Å²) in [6.45, 7) is 0.953. The molecule has 80 valence electrons. The van der Waals surface area contributed by atoms with E-state index in [1.54, 1.807) is 6.20 Å². The van der Waals surface area contributed by atoms with Crippen LogP contribution in [0.5, 0.6) is 0 Å². The fourth-order valence-corrected chi connectivity index (χ4v) is 1.83. The van der Waals surface area contributed by atoms with Crippen molar-refractivity contribution in [2.24, 2.45) is 0 Å². The molecule has 0 saturated carbocycles. The molecular weight excluding hydrogens is 210 g/mol. The molecule has 0 aromatic carbocycles. The maximum Gasteiger partial charge on any atom is 0.107 e. The van der Waals surface area contributed by atoms with Gasteiger partial charge in [0.1, 0.15) is 6.54 Å². The minimum Gasteiger partial charge on any atom is -0.359 e. The van der Waals surface area contributed by atoms with Crippen molar-refractivity contribution in [3.63, 3.8) is 0 Å². The number of halogens is 1. The third-order valence-corrected chi connectivity index (χ3v) is 2.41. The molecule has 0 atom stereocenters. The van der Waals surface area contributed by atoms with Gasteiger partial charge >= 0.3 is 0 Å². The van der Waals surface area contributed by atoms with Crippen molar-refractivity contribution in [3.05, 3.63) is 29.0 Å². The summed E-state index contributed by atoms with van der Waals surface area (Å²) >= 11 is 5.87. The molecule has 0 saturated heterocycles. The highest BCUT2D eigenvalue weighted by atomic mass is 35.5. The van der Waals surface area contributed by atoms with Crippen LogP contribution in [0, 0.1) is 0 Å². The van der Waals surface area contributed by atoms with Gasteiger partial charge in [-0.3, -0.25) is 4.98 Å². The average molecular weight is 225 g/mol. The molecule has 0 fully saturated rings. The number of pyridine rings is 1. The van der Waals surface area contributed by atoms with Crippen molar-refractivity contribution in [2.45, 2.75) is 6.54 Å². The molecule has 1 N–H and O–H groups in total. The van der Waals surface area contributed by atoms with Crippen molar-refractivity contribution < 1.29 is 4.48 Å². The Kier molecular flexibility index (Phi) is 2.44. The van der Waals surface area contributed by atoms with E-state index in [0.29, 0.717) is 5.02 Å². The second kappa shape index (κ2) is 3.51. The first-order valence-corrected chi connectivity index (χ1v) is 5.25. The molecule has 2 heterocycles. The highest BCUT2D eigenvalue weighted by Gasteiger charge is 2.13. The van der Waals surface area contributed by atoms with Gasteiger partial charge in [0.2, 0.25) is 0 Å². The van der Waals surface area contributed by atoms with Crippen LogP contribution in [0.3, 0.4) is 0 Å². The highest BCUT2D eigenvalue weighted by molar-refractivity contribution is 6.31. The minimum absolute atomic E-state index is 0.668. The highest BCUT2D eigenvalue weighted by Crippen LogP contribution is 2.20. The third kappa shape index (κ3) is 2.30. The number of rotatable bonds is 2. The lowest BCUT2D eigenvalue weighted by atomic mass is 10.2. The Morgan fingerprint density at radius 2 is 2.13 bits per heavy atom. The van der Waals surface area contributed by atoms with E-state index >= 15 is 0 Å². The lowest BCUT2D eigenvalue weighted by Crippen LogP contribution is -2.33. The maximum absolute atomic E-state index is 5.87. The van der Waals surface area contributed by atoms with Crippen molar-refractivity contribution in [1.82, 2.24) is 9.97 Å². The molecule has 2 rings (SSSR count). The number of fused-ring (bicyclic) bond motifs is 1. The van der Waals surface area contributed by atoms with Gasteiger partial charge < -0.3 is 9.47 Å². The van der Waals surface area contributed by atoms with E-state index in [2.05, 4.69) is 31.1 Å². The van der Waals surface area contributed by atoms with E-state index in [1.165, 1.54) is 5.56 Å². The van der Waals surface area contributed by atoms with E-state index in [9.17, 15) is 0 Å². The molecule has 2 aromatic rings. The smallest absolute Gasteiger partial charge is 0.107 e. The molecule has 0 aliphatic rings. The lowest BCUT2D eigenvalue weighted by molar-refractivity contribution is -0.883. The number of aromatic nitrogens is 2. The van der Waals surface area contributed by atoms with E-state index < -0.39 is 0 Å². The van der Waals surface area contributed by atoms with Gasteiger partial charge in [-0.1, -0.05) is 11.6 Å². The molecule has 0 unspecified atom stereocenters. The van der Waals surface area contributed by atoms with Crippen LogP contribution in [-0.2, 0) is 6.54 Å².